The van der Waals surface area contributed by atoms with Crippen molar-refractivity contribution in [1.29, 1.82) is 0 Å². The third kappa shape index (κ3) is 4.11. The van der Waals surface area contributed by atoms with Crippen LogP contribution in [0.3, 0.4) is 0 Å². The van der Waals surface area contributed by atoms with Crippen molar-refractivity contribution in [3.05, 3.63) is 66.4 Å². The lowest BCUT2D eigenvalue weighted by molar-refractivity contribution is 0.155. The van der Waals surface area contributed by atoms with Gasteiger partial charge in [-0.3, -0.25) is 4.98 Å². The number of carboxylic acid groups (broad SMARTS) is 1. The third-order valence-electron chi connectivity index (χ3n) is 4.73. The molecule has 0 bridgehead atoms. The Balaban J connectivity index is 1.45. The number of benzene rings is 2. The van der Waals surface area contributed by atoms with E-state index in [0.717, 1.165) is 34.3 Å². The van der Waals surface area contributed by atoms with Crippen LogP contribution in [-0.4, -0.2) is 40.2 Å². The summed E-state index contributed by atoms with van der Waals surface area (Å²) in [5.74, 6) is 0.795. The molecule has 0 saturated carbocycles. The number of hydrogen-bond acceptors (Lipinski definition) is 4. The Morgan fingerprint density at radius 1 is 1.22 bits per heavy atom. The number of hydrogen-bond donors (Lipinski definition) is 2. The summed E-state index contributed by atoms with van der Waals surface area (Å²) in [4.78, 5) is 17.0. The molecule has 2 N–H and O–H groups in total. The number of likely N-dealkylation sites (tertiary alicyclic amines) is 1. The van der Waals surface area contributed by atoms with Crippen LogP contribution in [0.1, 0.15) is 12.0 Å². The van der Waals surface area contributed by atoms with Crippen LogP contribution in [0, 0.1) is 0 Å². The first-order valence-corrected chi connectivity index (χ1v) is 8.98. The van der Waals surface area contributed by atoms with Crippen molar-refractivity contribution in [3.63, 3.8) is 0 Å². The molecule has 1 saturated heterocycles. The van der Waals surface area contributed by atoms with Crippen molar-refractivity contribution in [1.82, 2.24) is 9.88 Å². The highest BCUT2D eigenvalue weighted by Crippen LogP contribution is 2.24. The number of amides is 1. The van der Waals surface area contributed by atoms with Crippen LogP contribution in [0.2, 0.25) is 0 Å². The molecule has 6 heteroatoms. The molecule has 2 aromatic carbocycles. The predicted molar refractivity (Wildman–Crippen MR) is 104 cm³/mol. The largest absolute Gasteiger partial charge is 0.489 e. The van der Waals surface area contributed by atoms with E-state index < -0.39 is 6.09 Å². The molecular formula is C21H21N3O3. The van der Waals surface area contributed by atoms with E-state index in [2.05, 4.69) is 10.3 Å². The Morgan fingerprint density at radius 3 is 2.85 bits per heavy atom. The molecule has 1 unspecified atom stereocenters. The summed E-state index contributed by atoms with van der Waals surface area (Å²) in [5.41, 5.74) is 2.90. The lowest BCUT2D eigenvalue weighted by Crippen LogP contribution is -2.30. The van der Waals surface area contributed by atoms with Gasteiger partial charge in [0.25, 0.3) is 0 Å². The van der Waals surface area contributed by atoms with Gasteiger partial charge >= 0.3 is 6.09 Å². The number of anilines is 1. The third-order valence-corrected chi connectivity index (χ3v) is 4.73. The predicted octanol–water partition coefficient (Wildman–Crippen LogP) is 3.98. The molecular weight excluding hydrogens is 342 g/mol. The second-order valence-corrected chi connectivity index (χ2v) is 6.71. The summed E-state index contributed by atoms with van der Waals surface area (Å²) in [6.07, 6.45) is 1.72. The van der Waals surface area contributed by atoms with Crippen LogP contribution >= 0.6 is 0 Å². The minimum absolute atomic E-state index is 0.109. The zero-order chi connectivity index (χ0) is 18.6. The van der Waals surface area contributed by atoms with Crippen molar-refractivity contribution in [2.45, 2.75) is 19.1 Å². The highest BCUT2D eigenvalue weighted by Gasteiger charge is 2.25. The van der Waals surface area contributed by atoms with Crippen LogP contribution in [0.4, 0.5) is 10.5 Å². The molecule has 0 radical (unpaired) electrons. The number of ether oxygens (including phenoxy) is 1. The zero-order valence-electron chi connectivity index (χ0n) is 14.8. The van der Waals surface area contributed by atoms with Crippen molar-refractivity contribution in [3.8, 4) is 5.75 Å². The van der Waals surface area contributed by atoms with Gasteiger partial charge in [-0.05, 0) is 36.2 Å². The summed E-state index contributed by atoms with van der Waals surface area (Å²) in [7, 11) is 0. The smallest absolute Gasteiger partial charge is 0.407 e. The number of pyridine rings is 1. The van der Waals surface area contributed by atoms with Crippen molar-refractivity contribution < 1.29 is 14.6 Å². The van der Waals surface area contributed by atoms with Gasteiger partial charge in [-0.15, -0.1) is 0 Å². The van der Waals surface area contributed by atoms with Crippen molar-refractivity contribution in [2.24, 2.45) is 0 Å². The maximum atomic E-state index is 11.0. The monoisotopic (exact) mass is 363 g/mol. The van der Waals surface area contributed by atoms with Crippen LogP contribution < -0.4 is 10.1 Å². The maximum Gasteiger partial charge on any atom is 0.407 e. The quantitative estimate of drug-likeness (QED) is 0.717. The average Bonchev–Trinajstić information content (AvgIpc) is 3.16. The molecule has 1 atom stereocenters. The zero-order valence-corrected chi connectivity index (χ0v) is 14.8. The van der Waals surface area contributed by atoms with Gasteiger partial charge in [-0.25, -0.2) is 4.79 Å². The second kappa shape index (κ2) is 7.53. The van der Waals surface area contributed by atoms with Crippen molar-refractivity contribution >= 4 is 22.7 Å². The molecule has 1 amide bonds. The molecule has 1 aromatic heterocycles. The number of nitrogens with zero attached hydrogens (tertiary/aromatic N) is 2. The van der Waals surface area contributed by atoms with Gasteiger partial charge in [0.2, 0.25) is 0 Å². The van der Waals surface area contributed by atoms with Gasteiger partial charge in [-0.2, -0.15) is 0 Å². The fraction of sp³-hybridized carbons (Fsp3) is 0.238. The fourth-order valence-corrected chi connectivity index (χ4v) is 3.31. The van der Waals surface area contributed by atoms with Gasteiger partial charge in [0.05, 0.1) is 17.4 Å². The van der Waals surface area contributed by atoms with Crippen molar-refractivity contribution in [2.75, 3.05) is 18.4 Å². The van der Waals surface area contributed by atoms with Crippen LogP contribution in [-0.2, 0) is 6.61 Å². The second-order valence-electron chi connectivity index (χ2n) is 6.71. The van der Waals surface area contributed by atoms with E-state index >= 15 is 0 Å². The van der Waals surface area contributed by atoms with E-state index in [1.54, 1.807) is 6.20 Å². The van der Waals surface area contributed by atoms with Gasteiger partial charge < -0.3 is 20.1 Å². The average molecular weight is 363 g/mol. The Morgan fingerprint density at radius 2 is 2.07 bits per heavy atom. The number of nitrogens with one attached hydrogen (secondary N) is 1. The fourth-order valence-electron chi connectivity index (χ4n) is 3.31. The van der Waals surface area contributed by atoms with Gasteiger partial charge in [-0.1, -0.05) is 30.3 Å². The molecule has 0 spiro atoms. The first-order valence-electron chi connectivity index (χ1n) is 8.98. The maximum absolute atomic E-state index is 11.0. The number of rotatable bonds is 5. The molecule has 2 heterocycles. The summed E-state index contributed by atoms with van der Waals surface area (Å²) in [6, 6.07) is 18.0. The van der Waals surface area contributed by atoms with Crippen LogP contribution in [0.25, 0.3) is 10.9 Å². The van der Waals surface area contributed by atoms with Gasteiger partial charge in [0.1, 0.15) is 12.4 Å². The van der Waals surface area contributed by atoms with E-state index in [4.69, 9.17) is 9.84 Å². The first-order chi connectivity index (χ1) is 13.2. The molecule has 1 aliphatic heterocycles. The first kappa shape index (κ1) is 17.1. The molecule has 6 nitrogen and oxygen atoms in total. The number of fused-ring (bicyclic) bond motifs is 1. The summed E-state index contributed by atoms with van der Waals surface area (Å²) in [6.45, 7) is 1.57. The molecule has 0 aliphatic carbocycles. The summed E-state index contributed by atoms with van der Waals surface area (Å²) in [5, 5.41) is 13.4. The lowest BCUT2D eigenvalue weighted by Gasteiger charge is -2.15. The molecule has 138 valence electrons. The number of aromatic nitrogens is 1. The highest BCUT2D eigenvalue weighted by atomic mass is 16.5. The van der Waals surface area contributed by atoms with Crippen LogP contribution in [0.15, 0.2) is 60.8 Å². The van der Waals surface area contributed by atoms with E-state index in [0.29, 0.717) is 19.7 Å². The molecule has 3 aromatic rings. The summed E-state index contributed by atoms with van der Waals surface area (Å²) >= 11 is 0. The molecule has 1 fully saturated rings. The summed E-state index contributed by atoms with van der Waals surface area (Å²) < 4.78 is 5.89. The van der Waals surface area contributed by atoms with E-state index in [9.17, 15) is 4.79 Å². The lowest BCUT2D eigenvalue weighted by atomic mass is 10.2. The number of carbonyl (C=O) groups is 1. The SMILES string of the molecule is O=C(O)N1CCC(Nc2cnc3ccc(OCc4ccccc4)cc3c2)C1. The minimum Gasteiger partial charge on any atom is -0.489 e. The Hall–Kier alpha value is -3.28. The Bertz CT molecular complexity index is 946. The molecule has 27 heavy (non-hydrogen) atoms. The normalized spacial score (nSPS) is 16.4. The van der Waals surface area contributed by atoms with Gasteiger partial charge in [0.15, 0.2) is 0 Å². The molecule has 1 aliphatic rings. The van der Waals surface area contributed by atoms with E-state index in [1.165, 1.54) is 4.90 Å². The Kier molecular flexibility index (Phi) is 4.78. The van der Waals surface area contributed by atoms with E-state index in [-0.39, 0.29) is 6.04 Å². The molecule has 4 rings (SSSR count). The highest BCUT2D eigenvalue weighted by molar-refractivity contribution is 5.83. The standard InChI is InChI=1S/C21H21N3O3/c25-21(26)24-9-8-17(13-24)23-18-10-16-11-19(6-7-20(16)22-12-18)27-14-15-4-2-1-3-5-15/h1-7,10-12,17,23H,8-9,13-14H2,(H,25,26). The topological polar surface area (TPSA) is 74.7 Å². The Labute approximate surface area is 157 Å². The van der Waals surface area contributed by atoms with E-state index in [1.807, 2.05) is 54.6 Å². The minimum atomic E-state index is -0.865. The van der Waals surface area contributed by atoms with Gasteiger partial charge in [0, 0.05) is 24.5 Å². The van der Waals surface area contributed by atoms with Crippen LogP contribution in [0.5, 0.6) is 5.75 Å².